The van der Waals surface area contributed by atoms with Crippen molar-refractivity contribution >= 4 is 33.2 Å². The van der Waals surface area contributed by atoms with Gasteiger partial charge in [0, 0.05) is 23.8 Å². The number of benzene rings is 2. The van der Waals surface area contributed by atoms with E-state index in [1.54, 1.807) is 6.07 Å². The summed E-state index contributed by atoms with van der Waals surface area (Å²) in [5.74, 6) is 0. The first-order valence-electron chi connectivity index (χ1n) is 7.89. The number of hydrogen-bond acceptors (Lipinski definition) is 4. The van der Waals surface area contributed by atoms with Crippen molar-refractivity contribution < 1.29 is 8.42 Å². The Kier molecular flexibility index (Phi) is 6.24. The summed E-state index contributed by atoms with van der Waals surface area (Å²) >= 11 is 5.79. The molecule has 0 radical (unpaired) electrons. The zero-order chi connectivity index (χ0) is 18.4. The fourth-order valence-corrected chi connectivity index (χ4v) is 3.72. The molecule has 6 heteroatoms. The Morgan fingerprint density at radius 1 is 1.08 bits per heavy atom. The molecule has 0 aliphatic heterocycles. The van der Waals surface area contributed by atoms with Crippen LogP contribution in [0.1, 0.15) is 19.4 Å². The first kappa shape index (κ1) is 19.0. The van der Waals surface area contributed by atoms with Crippen LogP contribution in [0.15, 0.2) is 58.3 Å². The summed E-state index contributed by atoms with van der Waals surface area (Å²) in [7, 11) is -3.87. The van der Waals surface area contributed by atoms with Gasteiger partial charge in [-0.2, -0.15) is 5.26 Å². The van der Waals surface area contributed by atoms with Gasteiger partial charge >= 0.3 is 0 Å². The predicted octanol–water partition coefficient (Wildman–Crippen LogP) is 4.52. The van der Waals surface area contributed by atoms with Gasteiger partial charge in [0.25, 0.3) is 0 Å². The van der Waals surface area contributed by atoms with Crippen LogP contribution in [0.5, 0.6) is 0 Å². The Bertz CT molecular complexity index is 892. The van der Waals surface area contributed by atoms with Gasteiger partial charge in [-0.25, -0.2) is 8.42 Å². The summed E-state index contributed by atoms with van der Waals surface area (Å²) in [6, 6.07) is 15.0. The van der Waals surface area contributed by atoms with E-state index in [-0.39, 0.29) is 9.80 Å². The van der Waals surface area contributed by atoms with E-state index in [0.717, 1.165) is 18.8 Å². The smallest absolute Gasteiger partial charge is 0.216 e. The van der Waals surface area contributed by atoms with Crippen molar-refractivity contribution in [3.8, 4) is 6.07 Å². The average molecular weight is 375 g/mol. The summed E-state index contributed by atoms with van der Waals surface area (Å²) in [5.41, 5.74) is 1.71. The van der Waals surface area contributed by atoms with E-state index in [2.05, 4.69) is 18.7 Å². The second-order valence-electron chi connectivity index (χ2n) is 5.34. The number of anilines is 1. The summed E-state index contributed by atoms with van der Waals surface area (Å²) in [4.78, 5) is 1.93. The van der Waals surface area contributed by atoms with Gasteiger partial charge in [0.05, 0.1) is 4.90 Å². The molecule has 0 N–H and O–H groups in total. The molecule has 2 aromatic carbocycles. The molecular weight excluding hydrogens is 356 g/mol. The van der Waals surface area contributed by atoms with Crippen molar-refractivity contribution in [1.29, 1.82) is 5.26 Å². The highest BCUT2D eigenvalue weighted by molar-refractivity contribution is 7.95. The van der Waals surface area contributed by atoms with Crippen molar-refractivity contribution in [3.63, 3.8) is 0 Å². The lowest BCUT2D eigenvalue weighted by molar-refractivity contribution is 0.603. The Balaban J connectivity index is 2.37. The van der Waals surface area contributed by atoms with Gasteiger partial charge in [-0.3, -0.25) is 0 Å². The first-order chi connectivity index (χ1) is 11.9. The third-order valence-corrected chi connectivity index (χ3v) is 5.78. The van der Waals surface area contributed by atoms with E-state index in [1.165, 1.54) is 30.3 Å². The lowest BCUT2D eigenvalue weighted by atomic mass is 10.2. The number of sulfone groups is 1. The Hall–Kier alpha value is -2.29. The highest BCUT2D eigenvalue weighted by Gasteiger charge is 2.20. The van der Waals surface area contributed by atoms with Gasteiger partial charge in [-0.15, -0.1) is 0 Å². The predicted molar refractivity (Wildman–Crippen MR) is 102 cm³/mol. The van der Waals surface area contributed by atoms with Crippen LogP contribution in [0.3, 0.4) is 0 Å². The van der Waals surface area contributed by atoms with E-state index < -0.39 is 9.84 Å². The zero-order valence-corrected chi connectivity index (χ0v) is 15.7. The van der Waals surface area contributed by atoms with Gasteiger partial charge in [0.15, 0.2) is 0 Å². The number of nitriles is 1. The Morgan fingerprint density at radius 2 is 1.64 bits per heavy atom. The lowest BCUT2D eigenvalue weighted by Crippen LogP contribution is -2.21. The van der Waals surface area contributed by atoms with Crippen LogP contribution in [-0.4, -0.2) is 21.5 Å². The second kappa shape index (κ2) is 8.19. The summed E-state index contributed by atoms with van der Waals surface area (Å²) in [5, 5.41) is 9.76. The van der Waals surface area contributed by atoms with E-state index in [1.807, 2.05) is 24.3 Å². The highest BCUT2D eigenvalue weighted by Crippen LogP contribution is 2.23. The Morgan fingerprint density at radius 3 is 2.12 bits per heavy atom. The number of nitrogens with zero attached hydrogens (tertiary/aromatic N) is 2. The fourth-order valence-electron chi connectivity index (χ4n) is 2.43. The molecule has 0 unspecified atom stereocenters. The van der Waals surface area contributed by atoms with E-state index in [4.69, 9.17) is 11.6 Å². The van der Waals surface area contributed by atoms with Crippen molar-refractivity contribution in [1.82, 2.24) is 0 Å². The van der Waals surface area contributed by atoms with Crippen LogP contribution < -0.4 is 4.90 Å². The van der Waals surface area contributed by atoms with E-state index >= 15 is 0 Å². The molecule has 0 spiro atoms. The van der Waals surface area contributed by atoms with Crippen LogP contribution in [0.4, 0.5) is 5.69 Å². The minimum atomic E-state index is -3.87. The molecule has 130 valence electrons. The van der Waals surface area contributed by atoms with Gasteiger partial charge in [0.2, 0.25) is 9.84 Å². The van der Waals surface area contributed by atoms with Crippen LogP contribution >= 0.6 is 11.6 Å². The molecule has 25 heavy (non-hydrogen) atoms. The maximum Gasteiger partial charge on any atom is 0.216 e. The van der Waals surface area contributed by atoms with Crippen molar-refractivity contribution in [2.45, 2.75) is 18.7 Å². The molecule has 0 atom stereocenters. The minimum Gasteiger partial charge on any atom is -0.372 e. The number of allylic oxidation sites excluding steroid dienone is 1. The maximum atomic E-state index is 12.6. The molecule has 0 saturated carbocycles. The highest BCUT2D eigenvalue weighted by atomic mass is 35.5. The molecule has 0 fully saturated rings. The molecule has 2 aromatic rings. The largest absolute Gasteiger partial charge is 0.372 e. The third-order valence-electron chi connectivity index (χ3n) is 3.84. The molecule has 0 saturated heterocycles. The molecule has 0 aromatic heterocycles. The quantitative estimate of drug-likeness (QED) is 0.697. The van der Waals surface area contributed by atoms with Gasteiger partial charge in [0.1, 0.15) is 11.0 Å². The van der Waals surface area contributed by atoms with Crippen molar-refractivity contribution in [3.05, 3.63) is 64.0 Å². The SMILES string of the molecule is CCN(CC)c1ccc(/C=C(\C#N)S(=O)(=O)c2ccc(Cl)cc2)cc1. The minimum absolute atomic E-state index is 0.0458. The lowest BCUT2D eigenvalue weighted by Gasteiger charge is -2.20. The van der Waals surface area contributed by atoms with Gasteiger partial charge < -0.3 is 4.90 Å². The molecule has 0 heterocycles. The average Bonchev–Trinajstić information content (AvgIpc) is 2.62. The molecular formula is C19H19ClN2O2S. The number of hydrogen-bond donors (Lipinski definition) is 0. The fraction of sp³-hybridized carbons (Fsp3) is 0.211. The zero-order valence-electron chi connectivity index (χ0n) is 14.1. The first-order valence-corrected chi connectivity index (χ1v) is 9.76. The standard InChI is InChI=1S/C19H19ClN2O2S/c1-3-22(4-2)17-9-5-15(6-10-17)13-19(14-21)25(23,24)18-11-7-16(20)8-12-18/h5-13H,3-4H2,1-2H3/b19-13+. The van der Waals surface area contributed by atoms with Gasteiger partial charge in [-0.1, -0.05) is 23.7 Å². The van der Waals surface area contributed by atoms with E-state index in [0.29, 0.717) is 10.6 Å². The van der Waals surface area contributed by atoms with E-state index in [9.17, 15) is 13.7 Å². The Labute approximate surface area is 153 Å². The van der Waals surface area contributed by atoms with Crippen molar-refractivity contribution in [2.75, 3.05) is 18.0 Å². The summed E-state index contributed by atoms with van der Waals surface area (Å²) < 4.78 is 25.2. The number of halogens is 1. The molecule has 4 nitrogen and oxygen atoms in total. The molecule has 0 bridgehead atoms. The van der Waals surface area contributed by atoms with Gasteiger partial charge in [-0.05, 0) is 61.9 Å². The molecule has 0 aliphatic rings. The maximum absolute atomic E-state index is 12.6. The normalized spacial score (nSPS) is 11.8. The van der Waals surface area contributed by atoms with Crippen LogP contribution in [0.2, 0.25) is 5.02 Å². The molecule has 2 rings (SSSR count). The second-order valence-corrected chi connectivity index (χ2v) is 7.70. The number of rotatable bonds is 6. The summed E-state index contributed by atoms with van der Waals surface area (Å²) in [6.07, 6.45) is 1.38. The van der Waals surface area contributed by atoms with Crippen LogP contribution in [0.25, 0.3) is 6.08 Å². The topological polar surface area (TPSA) is 61.2 Å². The molecule has 0 aliphatic carbocycles. The van der Waals surface area contributed by atoms with Crippen molar-refractivity contribution in [2.24, 2.45) is 0 Å². The third kappa shape index (κ3) is 4.41. The van der Waals surface area contributed by atoms with Crippen LogP contribution in [-0.2, 0) is 9.84 Å². The van der Waals surface area contributed by atoms with Crippen LogP contribution in [0, 0.1) is 11.3 Å². The summed E-state index contributed by atoms with van der Waals surface area (Å²) in [6.45, 7) is 5.92. The molecule has 0 amide bonds. The monoisotopic (exact) mass is 374 g/mol.